The summed E-state index contributed by atoms with van der Waals surface area (Å²) in [6.07, 6.45) is 1.80. The second-order valence-electron chi connectivity index (χ2n) is 6.62. The highest BCUT2D eigenvalue weighted by Gasteiger charge is 2.25. The predicted molar refractivity (Wildman–Crippen MR) is 108 cm³/mol. The molecule has 2 aromatic rings. The molecule has 1 N–H and O–H groups in total. The lowest BCUT2D eigenvalue weighted by molar-refractivity contribution is -0.121. The highest BCUT2D eigenvalue weighted by atomic mass is 79.9. The third-order valence-electron chi connectivity index (χ3n) is 4.71. The van der Waals surface area contributed by atoms with Crippen LogP contribution in [0.25, 0.3) is 0 Å². The third-order valence-corrected chi connectivity index (χ3v) is 5.24. The number of carbonyl (C=O) groups is 1. The molecule has 3 rings (SSSR count). The van der Waals surface area contributed by atoms with Crippen LogP contribution in [0.2, 0.25) is 0 Å². The number of hydrogen-bond donors (Lipinski definition) is 1. The smallest absolute Gasteiger partial charge is 0.227 e. The van der Waals surface area contributed by atoms with Crippen LogP contribution in [-0.2, 0) is 11.3 Å². The maximum atomic E-state index is 12.5. The number of likely N-dealkylation sites (tertiary alicyclic amines) is 1. The molecule has 1 saturated heterocycles. The lowest BCUT2D eigenvalue weighted by Crippen LogP contribution is -2.37. The number of rotatable bonds is 6. The van der Waals surface area contributed by atoms with E-state index in [0.29, 0.717) is 6.61 Å². The molecule has 1 heterocycles. The molecule has 0 atom stereocenters. The van der Waals surface area contributed by atoms with Crippen LogP contribution in [0.5, 0.6) is 5.75 Å². The molecule has 1 fully saturated rings. The van der Waals surface area contributed by atoms with Gasteiger partial charge in [0.05, 0.1) is 6.61 Å². The van der Waals surface area contributed by atoms with Crippen LogP contribution in [0.4, 0.5) is 5.69 Å². The molecule has 5 heteroatoms. The first-order valence-electron chi connectivity index (χ1n) is 9.14. The molecular formula is C21H25BrN2O2. The maximum absolute atomic E-state index is 12.5. The van der Waals surface area contributed by atoms with Gasteiger partial charge in [0.2, 0.25) is 5.91 Å². The molecule has 0 aliphatic carbocycles. The van der Waals surface area contributed by atoms with Crippen molar-refractivity contribution in [1.82, 2.24) is 4.90 Å². The Balaban J connectivity index is 1.46. The van der Waals surface area contributed by atoms with Gasteiger partial charge >= 0.3 is 0 Å². The van der Waals surface area contributed by atoms with E-state index in [0.717, 1.165) is 48.4 Å². The number of anilines is 1. The first kappa shape index (κ1) is 18.9. The summed E-state index contributed by atoms with van der Waals surface area (Å²) in [7, 11) is 0. The van der Waals surface area contributed by atoms with Crippen LogP contribution in [0.1, 0.15) is 25.3 Å². The quantitative estimate of drug-likeness (QED) is 0.741. The van der Waals surface area contributed by atoms with Crippen LogP contribution in [0.3, 0.4) is 0 Å². The minimum Gasteiger partial charge on any atom is -0.494 e. The second kappa shape index (κ2) is 9.19. The normalized spacial score (nSPS) is 15.6. The molecule has 0 aromatic heterocycles. The summed E-state index contributed by atoms with van der Waals surface area (Å²) in [5, 5.41) is 3.03. The van der Waals surface area contributed by atoms with E-state index in [-0.39, 0.29) is 11.8 Å². The summed E-state index contributed by atoms with van der Waals surface area (Å²) in [6, 6.07) is 16.0. The van der Waals surface area contributed by atoms with Gasteiger partial charge in [0, 0.05) is 22.6 Å². The van der Waals surface area contributed by atoms with Crippen molar-refractivity contribution in [3.8, 4) is 5.75 Å². The number of ether oxygens (including phenoxy) is 1. The number of nitrogens with zero attached hydrogens (tertiary/aromatic N) is 1. The Kier molecular flexibility index (Phi) is 6.69. The van der Waals surface area contributed by atoms with E-state index >= 15 is 0 Å². The van der Waals surface area contributed by atoms with Gasteiger partial charge in [-0.1, -0.05) is 28.1 Å². The SMILES string of the molecule is CCOc1ccc(NC(=O)C2CCN(Cc3ccc(Br)cc3)CC2)cc1. The molecular weight excluding hydrogens is 392 g/mol. The van der Waals surface area contributed by atoms with E-state index < -0.39 is 0 Å². The number of benzene rings is 2. The molecule has 2 aromatic carbocycles. The Morgan fingerprint density at radius 2 is 1.77 bits per heavy atom. The van der Waals surface area contributed by atoms with Gasteiger partial charge in [0.15, 0.2) is 0 Å². The Bertz CT molecular complexity index is 708. The molecule has 4 nitrogen and oxygen atoms in total. The number of piperidine rings is 1. The molecule has 1 amide bonds. The summed E-state index contributed by atoms with van der Waals surface area (Å²) >= 11 is 3.47. The van der Waals surface area contributed by atoms with Crippen molar-refractivity contribution in [2.45, 2.75) is 26.3 Å². The summed E-state index contributed by atoms with van der Waals surface area (Å²) in [5.74, 6) is 1.03. The molecule has 0 bridgehead atoms. The minimum atomic E-state index is 0.0859. The standard InChI is InChI=1S/C21H25BrN2O2/c1-2-26-20-9-7-19(8-10-20)23-21(25)17-11-13-24(14-12-17)15-16-3-5-18(22)6-4-16/h3-10,17H,2,11-15H2,1H3,(H,23,25). The highest BCUT2D eigenvalue weighted by molar-refractivity contribution is 9.10. The fraction of sp³-hybridized carbons (Fsp3) is 0.381. The zero-order valence-electron chi connectivity index (χ0n) is 15.1. The van der Waals surface area contributed by atoms with Crippen LogP contribution in [0, 0.1) is 5.92 Å². The fourth-order valence-corrected chi connectivity index (χ4v) is 3.51. The van der Waals surface area contributed by atoms with Gasteiger partial charge in [-0.3, -0.25) is 9.69 Å². The molecule has 0 unspecified atom stereocenters. The lowest BCUT2D eigenvalue weighted by atomic mass is 9.95. The van der Waals surface area contributed by atoms with Gasteiger partial charge in [0.25, 0.3) is 0 Å². The first-order chi connectivity index (χ1) is 12.6. The van der Waals surface area contributed by atoms with E-state index in [4.69, 9.17) is 4.74 Å². The Hall–Kier alpha value is -1.85. The molecule has 0 spiro atoms. The van der Waals surface area contributed by atoms with Crippen LogP contribution >= 0.6 is 15.9 Å². The Morgan fingerprint density at radius 3 is 2.38 bits per heavy atom. The van der Waals surface area contributed by atoms with Crippen LogP contribution < -0.4 is 10.1 Å². The van der Waals surface area contributed by atoms with Gasteiger partial charge < -0.3 is 10.1 Å². The Morgan fingerprint density at radius 1 is 1.12 bits per heavy atom. The topological polar surface area (TPSA) is 41.6 Å². The summed E-state index contributed by atoms with van der Waals surface area (Å²) < 4.78 is 6.53. The average Bonchev–Trinajstić information content (AvgIpc) is 2.66. The van der Waals surface area contributed by atoms with Crippen molar-refractivity contribution in [3.63, 3.8) is 0 Å². The van der Waals surface area contributed by atoms with Crippen molar-refractivity contribution in [3.05, 3.63) is 58.6 Å². The number of halogens is 1. The van der Waals surface area contributed by atoms with Gasteiger partial charge in [-0.05, 0) is 74.8 Å². The van der Waals surface area contributed by atoms with Crippen LogP contribution in [0.15, 0.2) is 53.0 Å². The highest BCUT2D eigenvalue weighted by Crippen LogP contribution is 2.22. The number of nitrogens with one attached hydrogen (secondary N) is 1. The third kappa shape index (κ3) is 5.32. The van der Waals surface area contributed by atoms with Crippen molar-refractivity contribution in [2.24, 2.45) is 5.92 Å². The molecule has 0 radical (unpaired) electrons. The van der Waals surface area contributed by atoms with E-state index in [1.807, 2.05) is 31.2 Å². The number of amides is 1. The summed E-state index contributed by atoms with van der Waals surface area (Å²) in [4.78, 5) is 14.9. The van der Waals surface area contributed by atoms with Crippen molar-refractivity contribution in [2.75, 3.05) is 25.0 Å². The second-order valence-corrected chi connectivity index (χ2v) is 7.54. The molecule has 1 aliphatic rings. The van der Waals surface area contributed by atoms with E-state index in [9.17, 15) is 4.79 Å². The van der Waals surface area contributed by atoms with Gasteiger partial charge in [0.1, 0.15) is 5.75 Å². The largest absolute Gasteiger partial charge is 0.494 e. The van der Waals surface area contributed by atoms with Gasteiger partial charge in [-0.25, -0.2) is 0 Å². The average molecular weight is 417 g/mol. The van der Waals surface area contributed by atoms with Crippen LogP contribution in [-0.4, -0.2) is 30.5 Å². The van der Waals surface area contributed by atoms with E-state index in [1.54, 1.807) is 0 Å². The van der Waals surface area contributed by atoms with E-state index in [1.165, 1.54) is 5.56 Å². The molecule has 1 aliphatic heterocycles. The molecule has 138 valence electrons. The number of carbonyl (C=O) groups excluding carboxylic acids is 1. The monoisotopic (exact) mass is 416 g/mol. The first-order valence-corrected chi connectivity index (χ1v) is 9.94. The van der Waals surface area contributed by atoms with Gasteiger partial charge in [-0.15, -0.1) is 0 Å². The predicted octanol–water partition coefficient (Wildman–Crippen LogP) is 4.70. The van der Waals surface area contributed by atoms with Gasteiger partial charge in [-0.2, -0.15) is 0 Å². The molecule has 0 saturated carbocycles. The maximum Gasteiger partial charge on any atom is 0.227 e. The molecule has 26 heavy (non-hydrogen) atoms. The minimum absolute atomic E-state index is 0.0859. The Labute approximate surface area is 163 Å². The summed E-state index contributed by atoms with van der Waals surface area (Å²) in [5.41, 5.74) is 2.14. The van der Waals surface area contributed by atoms with Crippen molar-refractivity contribution in [1.29, 1.82) is 0 Å². The zero-order valence-corrected chi connectivity index (χ0v) is 16.7. The summed E-state index contributed by atoms with van der Waals surface area (Å²) in [6.45, 7) is 5.46. The fourth-order valence-electron chi connectivity index (χ4n) is 3.25. The van der Waals surface area contributed by atoms with Crippen molar-refractivity contribution < 1.29 is 9.53 Å². The zero-order chi connectivity index (χ0) is 18.4. The lowest BCUT2D eigenvalue weighted by Gasteiger charge is -2.31. The van der Waals surface area contributed by atoms with E-state index in [2.05, 4.69) is 50.4 Å². The van der Waals surface area contributed by atoms with Crippen molar-refractivity contribution >= 4 is 27.5 Å². The number of hydrogen-bond acceptors (Lipinski definition) is 3.